The van der Waals surface area contributed by atoms with Gasteiger partial charge in [0.05, 0.1) is 6.42 Å². The maximum Gasteiger partial charge on any atom is 0.303 e. The monoisotopic (exact) mass is 289 g/mol. The summed E-state index contributed by atoms with van der Waals surface area (Å²) in [5, 5.41) is 8.96. The third kappa shape index (κ3) is 3.39. The Bertz CT molecular complexity index is 522. The first-order valence-electron chi connectivity index (χ1n) is 7.97. The normalized spacial score (nSPS) is 18.2. The second-order valence-corrected chi connectivity index (χ2v) is 6.85. The van der Waals surface area contributed by atoms with E-state index in [1.54, 1.807) is 0 Å². The third-order valence-electron chi connectivity index (χ3n) is 4.63. The first-order valence-corrected chi connectivity index (χ1v) is 7.97. The van der Waals surface area contributed by atoms with Gasteiger partial charge in [0, 0.05) is 17.8 Å². The first kappa shape index (κ1) is 15.9. The molecule has 0 aromatic heterocycles. The number of hydrogen-bond acceptors (Lipinski definition) is 2. The molecule has 2 rings (SSSR count). The molecular weight excluding hydrogens is 262 g/mol. The van der Waals surface area contributed by atoms with Crippen LogP contribution in [0.2, 0.25) is 0 Å². The molecule has 3 heteroatoms. The van der Waals surface area contributed by atoms with Crippen molar-refractivity contribution in [2.45, 2.75) is 64.8 Å². The van der Waals surface area contributed by atoms with E-state index >= 15 is 0 Å². The Balaban J connectivity index is 2.31. The van der Waals surface area contributed by atoms with E-state index < -0.39 is 5.97 Å². The highest BCUT2D eigenvalue weighted by molar-refractivity contribution is 5.68. The first-order chi connectivity index (χ1) is 9.85. The lowest BCUT2D eigenvalue weighted by atomic mass is 9.84. The lowest BCUT2D eigenvalue weighted by Crippen LogP contribution is -2.47. The number of aliphatic carboxylic acids is 1. The van der Waals surface area contributed by atoms with Crippen LogP contribution >= 0.6 is 0 Å². The zero-order chi connectivity index (χ0) is 15.6. The summed E-state index contributed by atoms with van der Waals surface area (Å²) in [6.45, 7) is 9.91. The molecule has 0 bridgehead atoms. The van der Waals surface area contributed by atoms with Crippen molar-refractivity contribution in [1.82, 2.24) is 0 Å². The number of carboxylic acid groups (broad SMARTS) is 1. The molecule has 1 atom stereocenters. The summed E-state index contributed by atoms with van der Waals surface area (Å²) < 4.78 is 0. The number of carbonyl (C=O) groups is 1. The second-order valence-electron chi connectivity index (χ2n) is 6.85. The van der Waals surface area contributed by atoms with E-state index in [1.165, 1.54) is 11.3 Å². The topological polar surface area (TPSA) is 40.5 Å². The molecule has 0 radical (unpaired) electrons. The molecule has 0 aliphatic carbocycles. The minimum atomic E-state index is -0.728. The molecule has 1 aliphatic heterocycles. The average molecular weight is 289 g/mol. The Labute approximate surface area is 128 Å². The number of rotatable bonds is 5. The van der Waals surface area contributed by atoms with Gasteiger partial charge in [0.1, 0.15) is 0 Å². The highest BCUT2D eigenvalue weighted by atomic mass is 16.4. The average Bonchev–Trinajstić information content (AvgIpc) is 2.41. The van der Waals surface area contributed by atoms with Crippen LogP contribution < -0.4 is 4.90 Å². The molecular formula is C18H27NO2. The van der Waals surface area contributed by atoms with E-state index in [-0.39, 0.29) is 17.9 Å². The minimum absolute atomic E-state index is 0.0716. The van der Waals surface area contributed by atoms with Gasteiger partial charge in [-0.15, -0.1) is 0 Å². The molecule has 1 N–H and O–H groups in total. The van der Waals surface area contributed by atoms with Crippen molar-refractivity contribution in [3.63, 3.8) is 0 Å². The van der Waals surface area contributed by atoms with Gasteiger partial charge >= 0.3 is 5.97 Å². The van der Waals surface area contributed by atoms with Gasteiger partial charge < -0.3 is 10.0 Å². The lowest BCUT2D eigenvalue weighted by Gasteiger charge is -2.45. The van der Waals surface area contributed by atoms with Crippen LogP contribution in [0.25, 0.3) is 0 Å². The molecule has 0 saturated carbocycles. The third-order valence-corrected chi connectivity index (χ3v) is 4.63. The number of fused-ring (bicyclic) bond motifs is 1. The van der Waals surface area contributed by atoms with Crippen molar-refractivity contribution < 1.29 is 9.90 Å². The molecule has 0 amide bonds. The second kappa shape index (κ2) is 6.08. The summed E-state index contributed by atoms with van der Waals surface area (Å²) in [5.74, 6) is -0.656. The predicted molar refractivity (Wildman–Crippen MR) is 87.1 cm³/mol. The van der Waals surface area contributed by atoms with Gasteiger partial charge in [0.25, 0.3) is 0 Å². The summed E-state index contributed by atoms with van der Waals surface area (Å²) in [7, 11) is 0. The van der Waals surface area contributed by atoms with E-state index in [0.29, 0.717) is 0 Å². The van der Waals surface area contributed by atoms with Crippen LogP contribution in [0.5, 0.6) is 0 Å². The Morgan fingerprint density at radius 1 is 1.43 bits per heavy atom. The molecule has 1 aromatic carbocycles. The van der Waals surface area contributed by atoms with Gasteiger partial charge in [-0.25, -0.2) is 0 Å². The minimum Gasteiger partial charge on any atom is -0.481 e. The molecule has 0 fully saturated rings. The number of carboxylic acids is 1. The molecule has 116 valence electrons. The van der Waals surface area contributed by atoms with Crippen molar-refractivity contribution in [2.24, 2.45) is 0 Å². The van der Waals surface area contributed by atoms with Crippen LogP contribution in [0.1, 0.15) is 64.0 Å². The van der Waals surface area contributed by atoms with Crippen molar-refractivity contribution in [1.29, 1.82) is 0 Å². The molecule has 1 unspecified atom stereocenters. The number of benzene rings is 1. The quantitative estimate of drug-likeness (QED) is 0.883. The Kier molecular flexibility index (Phi) is 4.60. The largest absolute Gasteiger partial charge is 0.481 e. The van der Waals surface area contributed by atoms with Crippen LogP contribution in [0.3, 0.4) is 0 Å². The molecule has 0 saturated heterocycles. The molecule has 1 aliphatic rings. The standard InChI is InChI=1S/C18H27NO2/c1-5-10-19-16-7-6-14(13(2)11-17(20)21)12-15(16)8-9-18(19,3)4/h6-7,12-13H,5,8-11H2,1-4H3,(H,20,21). The fourth-order valence-corrected chi connectivity index (χ4v) is 3.30. The fourth-order valence-electron chi connectivity index (χ4n) is 3.30. The summed E-state index contributed by atoms with van der Waals surface area (Å²) >= 11 is 0. The van der Waals surface area contributed by atoms with Crippen molar-refractivity contribution in [3.05, 3.63) is 29.3 Å². The predicted octanol–water partition coefficient (Wildman–Crippen LogP) is 4.21. The molecule has 1 heterocycles. The number of hydrogen-bond donors (Lipinski definition) is 1. The van der Waals surface area contributed by atoms with E-state index in [1.807, 2.05) is 6.92 Å². The Hall–Kier alpha value is -1.51. The van der Waals surface area contributed by atoms with Crippen LogP contribution in [0.15, 0.2) is 18.2 Å². The molecule has 3 nitrogen and oxygen atoms in total. The Morgan fingerprint density at radius 2 is 2.14 bits per heavy atom. The summed E-state index contributed by atoms with van der Waals surface area (Å²) in [6.07, 6.45) is 3.57. The van der Waals surface area contributed by atoms with E-state index in [0.717, 1.165) is 31.4 Å². The molecule has 0 spiro atoms. The van der Waals surface area contributed by atoms with E-state index in [4.69, 9.17) is 5.11 Å². The van der Waals surface area contributed by atoms with Crippen LogP contribution in [0.4, 0.5) is 5.69 Å². The fraction of sp³-hybridized carbons (Fsp3) is 0.611. The van der Waals surface area contributed by atoms with Gasteiger partial charge in [0.2, 0.25) is 0 Å². The van der Waals surface area contributed by atoms with Gasteiger partial charge in [-0.05, 0) is 56.2 Å². The van der Waals surface area contributed by atoms with E-state index in [9.17, 15) is 4.79 Å². The summed E-state index contributed by atoms with van der Waals surface area (Å²) in [4.78, 5) is 13.4. The van der Waals surface area contributed by atoms with Gasteiger partial charge in [-0.2, -0.15) is 0 Å². The number of nitrogens with zero attached hydrogens (tertiary/aromatic N) is 1. The smallest absolute Gasteiger partial charge is 0.303 e. The van der Waals surface area contributed by atoms with Crippen molar-refractivity contribution in [3.8, 4) is 0 Å². The summed E-state index contributed by atoms with van der Waals surface area (Å²) in [5.41, 5.74) is 4.06. The van der Waals surface area contributed by atoms with Crippen molar-refractivity contribution in [2.75, 3.05) is 11.4 Å². The van der Waals surface area contributed by atoms with Gasteiger partial charge in [0.15, 0.2) is 0 Å². The zero-order valence-electron chi connectivity index (χ0n) is 13.6. The highest BCUT2D eigenvalue weighted by Gasteiger charge is 2.32. The van der Waals surface area contributed by atoms with E-state index in [2.05, 4.69) is 43.9 Å². The maximum atomic E-state index is 10.9. The maximum absolute atomic E-state index is 10.9. The SMILES string of the molecule is CCCN1c2ccc(C(C)CC(=O)O)cc2CCC1(C)C. The lowest BCUT2D eigenvalue weighted by molar-refractivity contribution is -0.137. The Morgan fingerprint density at radius 3 is 2.76 bits per heavy atom. The highest BCUT2D eigenvalue weighted by Crippen LogP contribution is 2.38. The van der Waals surface area contributed by atoms with Crippen LogP contribution in [-0.2, 0) is 11.2 Å². The molecule has 1 aromatic rings. The van der Waals surface area contributed by atoms with Crippen LogP contribution in [0, 0.1) is 0 Å². The van der Waals surface area contributed by atoms with Crippen molar-refractivity contribution >= 4 is 11.7 Å². The zero-order valence-corrected chi connectivity index (χ0v) is 13.6. The van der Waals surface area contributed by atoms with Crippen LogP contribution in [-0.4, -0.2) is 23.2 Å². The molecule has 21 heavy (non-hydrogen) atoms. The van der Waals surface area contributed by atoms with Gasteiger partial charge in [-0.1, -0.05) is 26.0 Å². The number of aryl methyl sites for hydroxylation is 1. The number of anilines is 1. The van der Waals surface area contributed by atoms with Gasteiger partial charge in [-0.3, -0.25) is 4.79 Å². The summed E-state index contributed by atoms with van der Waals surface area (Å²) in [6, 6.07) is 6.52.